The molecule has 3 nitrogen and oxygen atoms in total. The monoisotopic (exact) mass is 211 g/mol. The molecular weight excluding hydrogens is 206 g/mol. The van der Waals surface area contributed by atoms with E-state index in [2.05, 4.69) is 15.9 Å². The van der Waals surface area contributed by atoms with Crippen molar-refractivity contribution in [2.45, 2.75) is 0 Å². The van der Waals surface area contributed by atoms with Crippen LogP contribution < -0.4 is 11.5 Å². The molecule has 4 heteroatoms. The lowest BCUT2D eigenvalue weighted by Crippen LogP contribution is -1.95. The van der Waals surface area contributed by atoms with Crippen molar-refractivity contribution in [3.8, 4) is 6.07 Å². The van der Waals surface area contributed by atoms with Crippen molar-refractivity contribution in [2.24, 2.45) is 0 Å². The predicted octanol–water partition coefficient (Wildman–Crippen LogP) is 1.49. The number of benzene rings is 1. The minimum atomic E-state index is 0.396. The largest absolute Gasteiger partial charge is 0.398 e. The van der Waals surface area contributed by atoms with Crippen molar-refractivity contribution in [3.63, 3.8) is 0 Å². The number of anilines is 2. The standard InChI is InChI=1S/C7H6BrN3/c8-6-5(10)2-1-4(3-9)7(6)11/h1-2H,10-11H2. The molecule has 0 aromatic heterocycles. The summed E-state index contributed by atoms with van der Waals surface area (Å²) >= 11 is 3.17. The van der Waals surface area contributed by atoms with Crippen molar-refractivity contribution in [3.05, 3.63) is 22.2 Å². The number of hydrogen-bond donors (Lipinski definition) is 2. The van der Waals surface area contributed by atoms with Gasteiger partial charge < -0.3 is 11.5 Å². The zero-order valence-electron chi connectivity index (χ0n) is 5.63. The highest BCUT2D eigenvalue weighted by atomic mass is 79.9. The SMILES string of the molecule is N#Cc1ccc(N)c(Br)c1N. The third-order valence-corrected chi connectivity index (χ3v) is 2.22. The van der Waals surface area contributed by atoms with E-state index < -0.39 is 0 Å². The molecule has 1 aromatic rings. The maximum Gasteiger partial charge on any atom is 0.101 e. The van der Waals surface area contributed by atoms with Gasteiger partial charge in [-0.05, 0) is 28.1 Å². The van der Waals surface area contributed by atoms with E-state index in [0.717, 1.165) is 0 Å². The summed E-state index contributed by atoms with van der Waals surface area (Å²) in [5.41, 5.74) is 12.4. The lowest BCUT2D eigenvalue weighted by Gasteiger charge is -2.02. The number of nitrogen functional groups attached to an aromatic ring is 2. The minimum absolute atomic E-state index is 0.396. The maximum atomic E-state index is 8.54. The third-order valence-electron chi connectivity index (χ3n) is 1.33. The summed E-state index contributed by atoms with van der Waals surface area (Å²) in [6.07, 6.45) is 0. The average molecular weight is 212 g/mol. The van der Waals surface area contributed by atoms with Crippen LogP contribution in [0.4, 0.5) is 11.4 Å². The normalized spacial score (nSPS) is 9.09. The average Bonchev–Trinajstić information content (AvgIpc) is 2.01. The molecule has 1 rings (SSSR count). The summed E-state index contributed by atoms with van der Waals surface area (Å²) in [5, 5.41) is 8.54. The Kier molecular flexibility index (Phi) is 2.01. The molecule has 1 aromatic carbocycles. The number of rotatable bonds is 0. The molecule has 0 unspecified atom stereocenters. The molecule has 0 bridgehead atoms. The van der Waals surface area contributed by atoms with E-state index in [0.29, 0.717) is 21.4 Å². The zero-order chi connectivity index (χ0) is 8.43. The summed E-state index contributed by atoms with van der Waals surface area (Å²) in [6, 6.07) is 5.18. The number of nitriles is 1. The second kappa shape index (κ2) is 2.81. The van der Waals surface area contributed by atoms with Gasteiger partial charge in [0.05, 0.1) is 15.7 Å². The van der Waals surface area contributed by atoms with Crippen LogP contribution in [0.2, 0.25) is 0 Å². The molecular formula is C7H6BrN3. The minimum Gasteiger partial charge on any atom is -0.398 e. The molecule has 0 radical (unpaired) electrons. The fourth-order valence-corrected chi connectivity index (χ4v) is 1.05. The van der Waals surface area contributed by atoms with Gasteiger partial charge in [0.1, 0.15) is 6.07 Å². The lowest BCUT2D eigenvalue weighted by molar-refractivity contribution is 1.47. The van der Waals surface area contributed by atoms with Crippen LogP contribution in [0, 0.1) is 11.3 Å². The number of halogens is 1. The van der Waals surface area contributed by atoms with Gasteiger partial charge >= 0.3 is 0 Å². The third kappa shape index (κ3) is 1.28. The molecule has 0 heterocycles. The van der Waals surface area contributed by atoms with E-state index in [1.165, 1.54) is 0 Å². The van der Waals surface area contributed by atoms with Gasteiger partial charge in [-0.2, -0.15) is 5.26 Å². The molecule has 0 aliphatic heterocycles. The highest BCUT2D eigenvalue weighted by Gasteiger charge is 2.04. The Balaban J connectivity index is 3.40. The van der Waals surface area contributed by atoms with Gasteiger partial charge in [0, 0.05) is 5.69 Å². The highest BCUT2D eigenvalue weighted by Crippen LogP contribution is 2.28. The van der Waals surface area contributed by atoms with Crippen molar-refractivity contribution in [1.29, 1.82) is 5.26 Å². The van der Waals surface area contributed by atoms with Crippen LogP contribution in [0.5, 0.6) is 0 Å². The van der Waals surface area contributed by atoms with Crippen LogP contribution in [-0.4, -0.2) is 0 Å². The first-order chi connectivity index (χ1) is 5.16. The first kappa shape index (κ1) is 7.89. The number of hydrogen-bond acceptors (Lipinski definition) is 3. The van der Waals surface area contributed by atoms with E-state index in [4.69, 9.17) is 16.7 Å². The van der Waals surface area contributed by atoms with Crippen LogP contribution >= 0.6 is 15.9 Å². The van der Waals surface area contributed by atoms with Gasteiger partial charge in [-0.25, -0.2) is 0 Å². The molecule has 11 heavy (non-hydrogen) atoms. The van der Waals surface area contributed by atoms with Crippen LogP contribution in [0.25, 0.3) is 0 Å². The first-order valence-electron chi connectivity index (χ1n) is 2.90. The van der Waals surface area contributed by atoms with E-state index in [9.17, 15) is 0 Å². The molecule has 4 N–H and O–H groups in total. The van der Waals surface area contributed by atoms with Crippen molar-refractivity contribution < 1.29 is 0 Å². The highest BCUT2D eigenvalue weighted by molar-refractivity contribution is 9.10. The molecule has 0 fully saturated rings. The van der Waals surface area contributed by atoms with Crippen LogP contribution in [0.3, 0.4) is 0 Å². The topological polar surface area (TPSA) is 75.8 Å². The molecule has 0 saturated carbocycles. The van der Waals surface area contributed by atoms with Crippen LogP contribution in [0.1, 0.15) is 5.56 Å². The second-order valence-corrected chi connectivity index (χ2v) is 2.83. The van der Waals surface area contributed by atoms with Crippen LogP contribution in [-0.2, 0) is 0 Å². The Hall–Kier alpha value is -1.21. The van der Waals surface area contributed by atoms with E-state index in [1.54, 1.807) is 12.1 Å². The molecule has 0 aliphatic rings. The Labute approximate surface area is 72.7 Å². The fraction of sp³-hybridized carbons (Fsp3) is 0. The molecule has 0 spiro atoms. The maximum absolute atomic E-state index is 8.54. The van der Waals surface area contributed by atoms with Gasteiger partial charge in [0.15, 0.2) is 0 Å². The summed E-state index contributed by atoms with van der Waals surface area (Å²) in [6.45, 7) is 0. The first-order valence-corrected chi connectivity index (χ1v) is 3.69. The van der Waals surface area contributed by atoms with Crippen molar-refractivity contribution >= 4 is 27.3 Å². The Morgan fingerprint density at radius 3 is 2.55 bits per heavy atom. The van der Waals surface area contributed by atoms with Crippen molar-refractivity contribution in [2.75, 3.05) is 11.5 Å². The summed E-state index contributed by atoms with van der Waals surface area (Å²) in [4.78, 5) is 0. The summed E-state index contributed by atoms with van der Waals surface area (Å²) in [7, 11) is 0. The molecule has 0 saturated heterocycles. The second-order valence-electron chi connectivity index (χ2n) is 2.04. The number of nitrogens with zero attached hydrogens (tertiary/aromatic N) is 1. The smallest absolute Gasteiger partial charge is 0.101 e. The van der Waals surface area contributed by atoms with Gasteiger partial charge in [-0.15, -0.1) is 0 Å². The van der Waals surface area contributed by atoms with Crippen LogP contribution in [0.15, 0.2) is 16.6 Å². The summed E-state index contributed by atoms with van der Waals surface area (Å²) < 4.78 is 0.594. The lowest BCUT2D eigenvalue weighted by atomic mass is 10.2. The Bertz CT molecular complexity index is 327. The molecule has 0 aliphatic carbocycles. The van der Waals surface area contributed by atoms with E-state index in [1.807, 2.05) is 6.07 Å². The van der Waals surface area contributed by atoms with Gasteiger partial charge in [-0.3, -0.25) is 0 Å². The summed E-state index contributed by atoms with van der Waals surface area (Å²) in [5.74, 6) is 0. The Morgan fingerprint density at radius 2 is 2.00 bits per heavy atom. The molecule has 0 atom stereocenters. The van der Waals surface area contributed by atoms with Gasteiger partial charge in [0.25, 0.3) is 0 Å². The quantitative estimate of drug-likeness (QED) is 0.639. The molecule has 0 amide bonds. The zero-order valence-corrected chi connectivity index (χ0v) is 7.22. The number of nitrogens with two attached hydrogens (primary N) is 2. The van der Waals surface area contributed by atoms with E-state index in [-0.39, 0.29) is 0 Å². The van der Waals surface area contributed by atoms with E-state index >= 15 is 0 Å². The van der Waals surface area contributed by atoms with Crippen molar-refractivity contribution in [1.82, 2.24) is 0 Å². The Morgan fingerprint density at radius 1 is 1.36 bits per heavy atom. The molecule has 56 valence electrons. The van der Waals surface area contributed by atoms with Gasteiger partial charge in [0.2, 0.25) is 0 Å². The fourth-order valence-electron chi connectivity index (χ4n) is 0.707. The predicted molar refractivity (Wildman–Crippen MR) is 47.7 cm³/mol. The van der Waals surface area contributed by atoms with Gasteiger partial charge in [-0.1, -0.05) is 0 Å².